The normalized spacial score (nSPS) is 21.2. The number of aromatic nitrogens is 2. The van der Waals surface area contributed by atoms with Crippen molar-refractivity contribution in [3.63, 3.8) is 0 Å². The zero-order valence-electron chi connectivity index (χ0n) is 14.5. The highest BCUT2D eigenvalue weighted by molar-refractivity contribution is 5.23. The van der Waals surface area contributed by atoms with Gasteiger partial charge in [-0.3, -0.25) is 4.90 Å². The molecule has 1 atom stereocenters. The number of aliphatic hydroxyl groups is 1. The summed E-state index contributed by atoms with van der Waals surface area (Å²) in [5.41, 5.74) is 5.19. The summed E-state index contributed by atoms with van der Waals surface area (Å²) in [6.07, 6.45) is 6.19. The second-order valence-corrected chi connectivity index (χ2v) is 7.28. The van der Waals surface area contributed by atoms with E-state index < -0.39 is 0 Å². The molecular weight excluding hydrogens is 298 g/mol. The molecule has 1 aliphatic heterocycles. The summed E-state index contributed by atoms with van der Waals surface area (Å²) in [6.45, 7) is 5.56. The van der Waals surface area contributed by atoms with E-state index in [9.17, 15) is 0 Å². The van der Waals surface area contributed by atoms with Gasteiger partial charge >= 0.3 is 0 Å². The van der Waals surface area contributed by atoms with Crippen LogP contribution in [0.4, 0.5) is 0 Å². The van der Waals surface area contributed by atoms with E-state index in [2.05, 4.69) is 28.5 Å². The lowest BCUT2D eigenvalue weighted by molar-refractivity contribution is 0.281. The summed E-state index contributed by atoms with van der Waals surface area (Å²) in [6, 6.07) is 8.92. The first kappa shape index (κ1) is 15.9. The molecule has 0 radical (unpaired) electrons. The Hall–Kier alpha value is -1.65. The van der Waals surface area contributed by atoms with E-state index in [1.165, 1.54) is 48.5 Å². The lowest BCUT2D eigenvalue weighted by Crippen LogP contribution is -2.22. The van der Waals surface area contributed by atoms with E-state index in [0.717, 1.165) is 31.6 Å². The fourth-order valence-electron chi connectivity index (χ4n) is 4.36. The second-order valence-electron chi connectivity index (χ2n) is 7.28. The maximum atomic E-state index is 9.16. The van der Waals surface area contributed by atoms with Gasteiger partial charge in [-0.1, -0.05) is 24.3 Å². The van der Waals surface area contributed by atoms with Gasteiger partial charge in [0.25, 0.3) is 0 Å². The minimum atomic E-state index is 0.122. The van der Waals surface area contributed by atoms with Crippen LogP contribution in [0.2, 0.25) is 0 Å². The van der Waals surface area contributed by atoms with Gasteiger partial charge in [0, 0.05) is 31.4 Å². The molecule has 1 aromatic heterocycles. The highest BCUT2D eigenvalue weighted by atomic mass is 16.3. The number of hydrogen-bond donors (Lipinski definition) is 1. The fraction of sp³-hybridized carbons (Fsp3) is 0.550. The number of rotatable bonds is 4. The van der Waals surface area contributed by atoms with E-state index in [1.54, 1.807) is 0 Å². The Bertz CT molecular complexity index is 704. The first-order valence-electron chi connectivity index (χ1n) is 9.22. The van der Waals surface area contributed by atoms with Crippen molar-refractivity contribution in [2.45, 2.75) is 58.2 Å². The number of hydrogen-bond acceptors (Lipinski definition) is 3. The van der Waals surface area contributed by atoms with Gasteiger partial charge in [0.05, 0.1) is 12.3 Å². The van der Waals surface area contributed by atoms with Crippen molar-refractivity contribution < 1.29 is 5.11 Å². The minimum absolute atomic E-state index is 0.122. The maximum Gasteiger partial charge on any atom is 0.106 e. The van der Waals surface area contributed by atoms with Gasteiger partial charge in [0.1, 0.15) is 5.82 Å². The summed E-state index contributed by atoms with van der Waals surface area (Å²) in [5.74, 6) is 1.21. The van der Waals surface area contributed by atoms with E-state index in [0.29, 0.717) is 6.04 Å². The van der Waals surface area contributed by atoms with Crippen LogP contribution in [-0.4, -0.2) is 32.6 Å². The molecule has 1 fully saturated rings. The van der Waals surface area contributed by atoms with E-state index in [4.69, 9.17) is 10.1 Å². The number of benzene rings is 1. The highest BCUT2D eigenvalue weighted by Gasteiger charge is 2.28. The molecule has 2 aromatic rings. The Labute approximate surface area is 144 Å². The van der Waals surface area contributed by atoms with Gasteiger partial charge in [0.15, 0.2) is 0 Å². The van der Waals surface area contributed by atoms with Crippen LogP contribution in [0.15, 0.2) is 24.3 Å². The monoisotopic (exact) mass is 325 g/mol. The Morgan fingerprint density at radius 3 is 2.67 bits per heavy atom. The van der Waals surface area contributed by atoms with E-state index in [-0.39, 0.29) is 6.61 Å². The molecule has 1 unspecified atom stereocenters. The van der Waals surface area contributed by atoms with Crippen LogP contribution >= 0.6 is 0 Å². The lowest BCUT2D eigenvalue weighted by atomic mass is 10.0. The lowest BCUT2D eigenvalue weighted by Gasteiger charge is -2.21. The zero-order chi connectivity index (χ0) is 16.5. The number of nitrogens with zero attached hydrogens (tertiary/aromatic N) is 3. The summed E-state index contributed by atoms with van der Waals surface area (Å²) < 4.78 is 2.54. The van der Waals surface area contributed by atoms with Crippen LogP contribution in [0, 0.1) is 6.92 Å². The van der Waals surface area contributed by atoms with Crippen molar-refractivity contribution in [1.82, 2.24) is 14.5 Å². The molecule has 0 amide bonds. The third-order valence-corrected chi connectivity index (χ3v) is 5.57. The van der Waals surface area contributed by atoms with Gasteiger partial charge in [-0.2, -0.15) is 0 Å². The van der Waals surface area contributed by atoms with Crippen molar-refractivity contribution in [2.24, 2.45) is 0 Å². The SMILES string of the molecule is Cc1nc2c(n1C1CCN(Cc3ccc(CO)cc3)C1)CCCC2. The van der Waals surface area contributed by atoms with Crippen molar-refractivity contribution in [3.05, 3.63) is 52.6 Å². The Morgan fingerprint density at radius 2 is 1.88 bits per heavy atom. The van der Waals surface area contributed by atoms with Crippen LogP contribution in [0.1, 0.15) is 53.6 Å². The van der Waals surface area contributed by atoms with Gasteiger partial charge in [0.2, 0.25) is 0 Å². The first-order valence-corrected chi connectivity index (χ1v) is 9.22. The van der Waals surface area contributed by atoms with Crippen molar-refractivity contribution >= 4 is 0 Å². The average Bonchev–Trinajstić information content (AvgIpc) is 3.18. The molecule has 24 heavy (non-hydrogen) atoms. The first-order chi connectivity index (χ1) is 11.7. The summed E-state index contributed by atoms with van der Waals surface area (Å²) in [5, 5.41) is 9.16. The molecule has 4 nitrogen and oxygen atoms in total. The van der Waals surface area contributed by atoms with Crippen LogP contribution in [0.5, 0.6) is 0 Å². The third kappa shape index (κ3) is 3.01. The quantitative estimate of drug-likeness (QED) is 0.939. The number of aryl methyl sites for hydroxylation is 2. The maximum absolute atomic E-state index is 9.16. The molecule has 1 aromatic carbocycles. The number of likely N-dealkylation sites (tertiary alicyclic amines) is 1. The Kier molecular flexibility index (Phi) is 4.42. The van der Waals surface area contributed by atoms with Gasteiger partial charge < -0.3 is 9.67 Å². The molecule has 0 saturated carbocycles. The summed E-state index contributed by atoms with van der Waals surface area (Å²) in [7, 11) is 0. The van der Waals surface area contributed by atoms with Gasteiger partial charge in [-0.15, -0.1) is 0 Å². The number of imidazole rings is 1. The Morgan fingerprint density at radius 1 is 1.12 bits per heavy atom. The molecular formula is C20H27N3O. The molecule has 0 spiro atoms. The molecule has 4 rings (SSSR count). The van der Waals surface area contributed by atoms with E-state index in [1.807, 2.05) is 12.1 Å². The molecule has 4 heteroatoms. The number of fused-ring (bicyclic) bond motifs is 1. The summed E-state index contributed by atoms with van der Waals surface area (Å²) >= 11 is 0. The zero-order valence-corrected chi connectivity index (χ0v) is 14.5. The van der Waals surface area contributed by atoms with Crippen LogP contribution in [0.25, 0.3) is 0 Å². The van der Waals surface area contributed by atoms with Crippen LogP contribution < -0.4 is 0 Å². The molecule has 128 valence electrons. The van der Waals surface area contributed by atoms with Crippen molar-refractivity contribution in [3.8, 4) is 0 Å². The molecule has 1 N–H and O–H groups in total. The predicted molar refractivity (Wildman–Crippen MR) is 94.9 cm³/mol. The van der Waals surface area contributed by atoms with Crippen LogP contribution in [-0.2, 0) is 26.0 Å². The minimum Gasteiger partial charge on any atom is -0.392 e. The van der Waals surface area contributed by atoms with Crippen molar-refractivity contribution in [2.75, 3.05) is 13.1 Å². The summed E-state index contributed by atoms with van der Waals surface area (Å²) in [4.78, 5) is 7.39. The van der Waals surface area contributed by atoms with Crippen molar-refractivity contribution in [1.29, 1.82) is 0 Å². The second kappa shape index (κ2) is 6.69. The third-order valence-electron chi connectivity index (χ3n) is 5.57. The molecule has 2 aliphatic rings. The standard InChI is InChI=1S/C20H27N3O/c1-15-21-19-4-2-3-5-20(19)23(15)18-10-11-22(13-18)12-16-6-8-17(14-24)9-7-16/h6-9,18,24H,2-5,10-14H2,1H3. The van der Waals surface area contributed by atoms with Crippen LogP contribution in [0.3, 0.4) is 0 Å². The predicted octanol–water partition coefficient (Wildman–Crippen LogP) is 3.01. The fourth-order valence-corrected chi connectivity index (χ4v) is 4.36. The largest absolute Gasteiger partial charge is 0.392 e. The molecule has 0 bridgehead atoms. The molecule has 2 heterocycles. The smallest absolute Gasteiger partial charge is 0.106 e. The van der Waals surface area contributed by atoms with Gasteiger partial charge in [-0.25, -0.2) is 4.98 Å². The van der Waals surface area contributed by atoms with Gasteiger partial charge in [-0.05, 0) is 50.2 Å². The van der Waals surface area contributed by atoms with E-state index >= 15 is 0 Å². The molecule has 1 saturated heterocycles. The molecule has 1 aliphatic carbocycles. The Balaban J connectivity index is 1.45. The topological polar surface area (TPSA) is 41.3 Å². The highest BCUT2D eigenvalue weighted by Crippen LogP contribution is 2.30. The number of aliphatic hydroxyl groups excluding tert-OH is 1. The average molecular weight is 325 g/mol.